The van der Waals surface area contributed by atoms with Gasteiger partial charge in [0.05, 0.1) is 5.69 Å². The SMILES string of the molecule is Cc1cccc(Cc2c(C)nc3sc(C(=O)O)c(N)c3c2C)c1. The molecule has 0 unspecified atom stereocenters. The maximum Gasteiger partial charge on any atom is 0.348 e. The molecule has 0 saturated carbocycles. The first kappa shape index (κ1) is 15.5. The van der Waals surface area contributed by atoms with Gasteiger partial charge >= 0.3 is 5.97 Å². The van der Waals surface area contributed by atoms with Crippen LogP contribution in [0.5, 0.6) is 0 Å². The van der Waals surface area contributed by atoms with E-state index in [1.165, 1.54) is 11.1 Å². The molecule has 1 aromatic carbocycles. The summed E-state index contributed by atoms with van der Waals surface area (Å²) in [5, 5.41) is 10.0. The van der Waals surface area contributed by atoms with Crippen LogP contribution < -0.4 is 5.73 Å². The van der Waals surface area contributed by atoms with Gasteiger partial charge in [0, 0.05) is 11.1 Å². The molecule has 5 heteroatoms. The number of carboxylic acid groups (broad SMARTS) is 1. The van der Waals surface area contributed by atoms with Crippen molar-refractivity contribution in [2.75, 3.05) is 5.73 Å². The van der Waals surface area contributed by atoms with Crippen LogP contribution in [0.2, 0.25) is 0 Å². The zero-order chi connectivity index (χ0) is 16.7. The van der Waals surface area contributed by atoms with E-state index >= 15 is 0 Å². The van der Waals surface area contributed by atoms with Crippen LogP contribution in [0.1, 0.15) is 37.6 Å². The molecule has 3 aromatic rings. The molecule has 118 valence electrons. The first-order chi connectivity index (χ1) is 10.9. The van der Waals surface area contributed by atoms with E-state index in [4.69, 9.17) is 5.73 Å². The Hall–Kier alpha value is -2.40. The van der Waals surface area contributed by atoms with Gasteiger partial charge in [-0.1, -0.05) is 29.8 Å². The Bertz CT molecular complexity index is 928. The summed E-state index contributed by atoms with van der Waals surface area (Å²) in [6.45, 7) is 6.03. The zero-order valence-corrected chi connectivity index (χ0v) is 14.1. The number of thiophene rings is 1. The lowest BCUT2D eigenvalue weighted by molar-refractivity contribution is 0.0703. The summed E-state index contributed by atoms with van der Waals surface area (Å²) in [5.41, 5.74) is 11.9. The highest BCUT2D eigenvalue weighted by atomic mass is 32.1. The lowest BCUT2D eigenvalue weighted by atomic mass is 9.96. The minimum atomic E-state index is -0.997. The van der Waals surface area contributed by atoms with Crippen LogP contribution in [0.15, 0.2) is 24.3 Å². The van der Waals surface area contributed by atoms with Gasteiger partial charge in [-0.15, -0.1) is 11.3 Å². The molecule has 0 aliphatic carbocycles. The number of aryl methyl sites for hydroxylation is 3. The Labute approximate surface area is 138 Å². The monoisotopic (exact) mass is 326 g/mol. The highest BCUT2D eigenvalue weighted by Crippen LogP contribution is 2.37. The number of nitrogens with zero attached hydrogens (tertiary/aromatic N) is 1. The number of hydrogen-bond donors (Lipinski definition) is 2. The van der Waals surface area contributed by atoms with Gasteiger partial charge in [-0.3, -0.25) is 0 Å². The standard InChI is InChI=1S/C18H18N2O2S/c1-9-5-4-6-12(7-9)8-13-10(2)14-15(19)16(18(21)22)23-17(14)20-11(13)3/h4-7H,8,19H2,1-3H3,(H,21,22). The number of carboxylic acids is 1. The van der Waals surface area contributed by atoms with Gasteiger partial charge in [0.25, 0.3) is 0 Å². The summed E-state index contributed by atoms with van der Waals surface area (Å²) in [6, 6.07) is 8.36. The van der Waals surface area contributed by atoms with Crippen molar-refractivity contribution in [1.82, 2.24) is 4.98 Å². The van der Waals surface area contributed by atoms with Gasteiger partial charge in [0.15, 0.2) is 0 Å². The predicted octanol–water partition coefficient (Wildman–Crippen LogP) is 4.09. The number of aromatic carboxylic acids is 1. The minimum absolute atomic E-state index is 0.169. The van der Waals surface area contributed by atoms with E-state index in [1.54, 1.807) is 0 Å². The quantitative estimate of drug-likeness (QED) is 0.760. The molecular weight excluding hydrogens is 308 g/mol. The second-order valence-corrected chi connectivity index (χ2v) is 6.80. The molecule has 0 atom stereocenters. The summed E-state index contributed by atoms with van der Waals surface area (Å²) < 4.78 is 0. The molecule has 23 heavy (non-hydrogen) atoms. The molecule has 0 spiro atoms. The van der Waals surface area contributed by atoms with Crippen LogP contribution >= 0.6 is 11.3 Å². The number of aromatic nitrogens is 1. The van der Waals surface area contributed by atoms with Crippen molar-refractivity contribution in [2.45, 2.75) is 27.2 Å². The van der Waals surface area contributed by atoms with Crippen molar-refractivity contribution in [3.63, 3.8) is 0 Å². The third-order valence-corrected chi connectivity index (χ3v) is 5.21. The van der Waals surface area contributed by atoms with Gasteiger partial charge in [-0.25, -0.2) is 9.78 Å². The van der Waals surface area contributed by atoms with E-state index in [2.05, 4.69) is 30.1 Å². The van der Waals surface area contributed by atoms with Crippen LogP contribution in [0, 0.1) is 20.8 Å². The van der Waals surface area contributed by atoms with Crippen LogP contribution in [-0.2, 0) is 6.42 Å². The topological polar surface area (TPSA) is 76.2 Å². The summed E-state index contributed by atoms with van der Waals surface area (Å²) in [5.74, 6) is -0.997. The fourth-order valence-electron chi connectivity index (χ4n) is 2.96. The molecule has 0 radical (unpaired) electrons. The van der Waals surface area contributed by atoms with Crippen molar-refractivity contribution in [3.8, 4) is 0 Å². The maximum atomic E-state index is 11.3. The van der Waals surface area contributed by atoms with Crippen molar-refractivity contribution in [2.24, 2.45) is 0 Å². The average molecular weight is 326 g/mol. The molecule has 0 fully saturated rings. The molecule has 3 N–H and O–H groups in total. The van der Waals surface area contributed by atoms with Crippen molar-refractivity contribution in [3.05, 3.63) is 57.1 Å². The average Bonchev–Trinajstić information content (AvgIpc) is 2.80. The summed E-state index contributed by atoms with van der Waals surface area (Å²) in [4.78, 5) is 16.8. The van der Waals surface area contributed by atoms with E-state index in [0.717, 1.165) is 40.0 Å². The Balaban J connectivity index is 2.18. The number of nitrogens with two attached hydrogens (primary N) is 1. The normalized spacial score (nSPS) is 11.1. The van der Waals surface area contributed by atoms with Crippen LogP contribution in [0.3, 0.4) is 0 Å². The van der Waals surface area contributed by atoms with Gasteiger partial charge < -0.3 is 10.8 Å². The van der Waals surface area contributed by atoms with E-state index in [1.807, 2.05) is 19.9 Å². The number of carbonyl (C=O) groups is 1. The van der Waals surface area contributed by atoms with Gasteiger partial charge in [0.1, 0.15) is 9.71 Å². The molecular formula is C18H18N2O2S. The molecule has 3 rings (SSSR count). The lowest BCUT2D eigenvalue weighted by Gasteiger charge is -2.11. The zero-order valence-electron chi connectivity index (χ0n) is 13.3. The first-order valence-corrected chi connectivity index (χ1v) is 8.17. The van der Waals surface area contributed by atoms with Crippen molar-refractivity contribution in [1.29, 1.82) is 0 Å². The highest BCUT2D eigenvalue weighted by molar-refractivity contribution is 7.21. The van der Waals surface area contributed by atoms with Gasteiger partial charge in [-0.2, -0.15) is 0 Å². The molecule has 4 nitrogen and oxygen atoms in total. The first-order valence-electron chi connectivity index (χ1n) is 7.35. The predicted molar refractivity (Wildman–Crippen MR) is 94.5 cm³/mol. The largest absolute Gasteiger partial charge is 0.477 e. The van der Waals surface area contributed by atoms with E-state index < -0.39 is 5.97 Å². The third kappa shape index (κ3) is 2.68. The number of hydrogen-bond acceptors (Lipinski definition) is 4. The summed E-state index contributed by atoms with van der Waals surface area (Å²) >= 11 is 1.14. The number of fused-ring (bicyclic) bond motifs is 1. The van der Waals surface area contributed by atoms with E-state index in [-0.39, 0.29) is 4.88 Å². The summed E-state index contributed by atoms with van der Waals surface area (Å²) in [6.07, 6.45) is 0.764. The Morgan fingerprint density at radius 2 is 2.04 bits per heavy atom. The number of rotatable bonds is 3. The van der Waals surface area contributed by atoms with Crippen LogP contribution in [0.4, 0.5) is 5.69 Å². The molecule has 0 aliphatic rings. The lowest BCUT2D eigenvalue weighted by Crippen LogP contribution is -2.01. The Morgan fingerprint density at radius 3 is 2.70 bits per heavy atom. The van der Waals surface area contributed by atoms with Crippen LogP contribution in [0.25, 0.3) is 10.2 Å². The minimum Gasteiger partial charge on any atom is -0.477 e. The second-order valence-electron chi connectivity index (χ2n) is 5.80. The molecule has 0 aliphatic heterocycles. The molecule has 0 bridgehead atoms. The second kappa shape index (κ2) is 5.66. The molecule has 2 aromatic heterocycles. The fourth-order valence-corrected chi connectivity index (χ4v) is 4.00. The van der Waals surface area contributed by atoms with Crippen LogP contribution in [-0.4, -0.2) is 16.1 Å². The Kier molecular flexibility index (Phi) is 3.82. The number of benzene rings is 1. The third-order valence-electron chi connectivity index (χ3n) is 4.12. The molecule has 0 amide bonds. The van der Waals surface area contributed by atoms with Gasteiger partial charge in [-0.05, 0) is 43.9 Å². The van der Waals surface area contributed by atoms with Crippen molar-refractivity contribution >= 4 is 33.2 Å². The molecule has 2 heterocycles. The molecule has 0 saturated heterocycles. The number of pyridine rings is 1. The van der Waals surface area contributed by atoms with E-state index in [9.17, 15) is 9.90 Å². The summed E-state index contributed by atoms with van der Waals surface area (Å²) in [7, 11) is 0. The van der Waals surface area contributed by atoms with Crippen molar-refractivity contribution < 1.29 is 9.90 Å². The van der Waals surface area contributed by atoms with E-state index in [0.29, 0.717) is 10.5 Å². The Morgan fingerprint density at radius 1 is 1.30 bits per heavy atom. The smallest absolute Gasteiger partial charge is 0.348 e. The highest BCUT2D eigenvalue weighted by Gasteiger charge is 2.20. The number of anilines is 1. The number of nitrogen functional groups attached to an aromatic ring is 1. The maximum absolute atomic E-state index is 11.3. The fraction of sp³-hybridized carbons (Fsp3) is 0.222. The van der Waals surface area contributed by atoms with Gasteiger partial charge in [0.2, 0.25) is 0 Å².